The van der Waals surface area contributed by atoms with Gasteiger partial charge >= 0.3 is 5.97 Å². The van der Waals surface area contributed by atoms with Crippen molar-refractivity contribution in [3.8, 4) is 0 Å². The Kier molecular flexibility index (Phi) is 12.5. The Morgan fingerprint density at radius 1 is 1.17 bits per heavy atom. The topological polar surface area (TPSA) is 80.7 Å². The van der Waals surface area contributed by atoms with Crippen molar-refractivity contribution < 1.29 is 24.2 Å². The summed E-state index contributed by atoms with van der Waals surface area (Å²) in [6.45, 7) is 6.05. The summed E-state index contributed by atoms with van der Waals surface area (Å²) < 4.78 is 4.69. The van der Waals surface area contributed by atoms with E-state index in [9.17, 15) is 19.5 Å². The molecule has 0 aliphatic heterocycles. The van der Waals surface area contributed by atoms with Crippen molar-refractivity contribution in [3.63, 3.8) is 0 Å². The SMILES string of the molecule is CCCCC(O)(CC)CC=C[C@H]1CCC(=O)[C@@H]1CC=CCCCC(=O)C(=O)OCC. The third-order valence-corrected chi connectivity index (χ3v) is 6.02. The summed E-state index contributed by atoms with van der Waals surface area (Å²) in [4.78, 5) is 35.1. The van der Waals surface area contributed by atoms with Gasteiger partial charge in [-0.1, -0.05) is 51.0 Å². The Hall–Kier alpha value is -1.75. The van der Waals surface area contributed by atoms with E-state index in [0.29, 0.717) is 37.9 Å². The second-order valence-corrected chi connectivity index (χ2v) is 8.33. The van der Waals surface area contributed by atoms with Gasteiger partial charge in [0.15, 0.2) is 0 Å². The van der Waals surface area contributed by atoms with Crippen LogP contribution in [0.5, 0.6) is 0 Å². The van der Waals surface area contributed by atoms with Gasteiger partial charge in [0, 0.05) is 18.8 Å². The Bertz CT molecular complexity index is 607. The minimum atomic E-state index is -0.752. The van der Waals surface area contributed by atoms with Crippen LogP contribution in [0.4, 0.5) is 0 Å². The summed E-state index contributed by atoms with van der Waals surface area (Å²) in [7, 11) is 0. The molecule has 0 saturated heterocycles. The van der Waals surface area contributed by atoms with Crippen LogP contribution >= 0.6 is 0 Å². The van der Waals surface area contributed by atoms with E-state index < -0.39 is 17.4 Å². The smallest absolute Gasteiger partial charge is 0.374 e. The number of ketones is 2. The molecule has 0 aromatic carbocycles. The number of Topliss-reactive ketones (excluding diaryl/α,β-unsaturated/α-hetero) is 2. The zero-order chi connectivity index (χ0) is 22.4. The van der Waals surface area contributed by atoms with Crippen molar-refractivity contribution in [2.45, 2.75) is 97.0 Å². The molecule has 1 saturated carbocycles. The van der Waals surface area contributed by atoms with Gasteiger partial charge in [-0.15, -0.1) is 0 Å². The molecule has 1 unspecified atom stereocenters. The van der Waals surface area contributed by atoms with Crippen LogP contribution in [0.25, 0.3) is 0 Å². The zero-order valence-corrected chi connectivity index (χ0v) is 19.0. The molecule has 0 aromatic heterocycles. The fourth-order valence-electron chi connectivity index (χ4n) is 3.92. The molecule has 0 aromatic rings. The minimum Gasteiger partial charge on any atom is -0.460 e. The maximum absolute atomic E-state index is 12.3. The molecule has 1 aliphatic rings. The number of allylic oxidation sites excluding steroid dienone is 3. The Labute approximate surface area is 182 Å². The lowest BCUT2D eigenvalue weighted by molar-refractivity contribution is -0.153. The van der Waals surface area contributed by atoms with Crippen LogP contribution in [0.15, 0.2) is 24.3 Å². The van der Waals surface area contributed by atoms with E-state index in [-0.39, 0.29) is 24.9 Å². The quantitative estimate of drug-likeness (QED) is 0.172. The molecule has 0 amide bonds. The normalized spacial score (nSPS) is 21.4. The van der Waals surface area contributed by atoms with Crippen LogP contribution < -0.4 is 0 Å². The lowest BCUT2D eigenvalue weighted by Crippen LogP contribution is -2.26. The lowest BCUT2D eigenvalue weighted by atomic mass is 9.88. The van der Waals surface area contributed by atoms with Crippen molar-refractivity contribution in [2.75, 3.05) is 6.61 Å². The molecule has 3 atom stereocenters. The summed E-state index contributed by atoms with van der Waals surface area (Å²) in [6.07, 6.45) is 16.2. The Morgan fingerprint density at radius 2 is 1.93 bits per heavy atom. The molecule has 0 bridgehead atoms. The van der Waals surface area contributed by atoms with Gasteiger partial charge in [0.1, 0.15) is 5.78 Å². The third kappa shape index (κ3) is 9.38. The third-order valence-electron chi connectivity index (χ3n) is 6.02. The number of esters is 1. The predicted molar refractivity (Wildman–Crippen MR) is 119 cm³/mol. The lowest BCUT2D eigenvalue weighted by Gasteiger charge is -2.25. The predicted octanol–water partition coefficient (Wildman–Crippen LogP) is 5.11. The molecule has 1 fully saturated rings. The molecule has 1 aliphatic carbocycles. The molecule has 1 N–H and O–H groups in total. The summed E-state index contributed by atoms with van der Waals surface area (Å²) >= 11 is 0. The number of rotatable bonds is 15. The van der Waals surface area contributed by atoms with Crippen LogP contribution in [0.1, 0.15) is 91.4 Å². The standard InChI is InChI=1S/C25H40O5/c1-4-7-18-25(29,5-2)19-12-13-20-16-17-22(26)21(20)14-10-8-9-11-15-23(27)24(28)30-6-3/h8,10,12-13,20-21,29H,4-7,9,11,14-19H2,1-3H3/t20-,21+,25?/m0/s1. The highest BCUT2D eigenvalue weighted by atomic mass is 16.5. The van der Waals surface area contributed by atoms with Gasteiger partial charge in [-0.2, -0.15) is 0 Å². The molecule has 0 spiro atoms. The van der Waals surface area contributed by atoms with E-state index in [4.69, 9.17) is 0 Å². The molecule has 1 rings (SSSR count). The van der Waals surface area contributed by atoms with Crippen molar-refractivity contribution in [1.82, 2.24) is 0 Å². The number of hydrogen-bond acceptors (Lipinski definition) is 5. The molecule has 5 heteroatoms. The van der Waals surface area contributed by atoms with Gasteiger partial charge in [0.2, 0.25) is 5.78 Å². The van der Waals surface area contributed by atoms with Crippen LogP contribution in [-0.4, -0.2) is 34.9 Å². The first-order valence-electron chi connectivity index (χ1n) is 11.6. The number of ether oxygens (including phenoxy) is 1. The highest BCUT2D eigenvalue weighted by Crippen LogP contribution is 2.33. The number of hydrogen-bond donors (Lipinski definition) is 1. The molecule has 0 radical (unpaired) electrons. The second-order valence-electron chi connectivity index (χ2n) is 8.33. The molecule has 170 valence electrons. The molecular formula is C25H40O5. The van der Waals surface area contributed by atoms with Crippen LogP contribution in [-0.2, 0) is 19.1 Å². The van der Waals surface area contributed by atoms with Crippen LogP contribution in [0.3, 0.4) is 0 Å². The first kappa shape index (κ1) is 26.3. The van der Waals surface area contributed by atoms with E-state index in [1.807, 2.05) is 19.1 Å². The van der Waals surface area contributed by atoms with Crippen molar-refractivity contribution in [3.05, 3.63) is 24.3 Å². The Balaban J connectivity index is 2.43. The van der Waals surface area contributed by atoms with Crippen molar-refractivity contribution in [1.29, 1.82) is 0 Å². The Morgan fingerprint density at radius 3 is 2.60 bits per heavy atom. The maximum atomic E-state index is 12.3. The fraction of sp³-hybridized carbons (Fsp3) is 0.720. The van der Waals surface area contributed by atoms with E-state index in [0.717, 1.165) is 32.1 Å². The van der Waals surface area contributed by atoms with E-state index in [1.54, 1.807) is 6.92 Å². The van der Waals surface area contributed by atoms with Gasteiger partial charge in [-0.05, 0) is 57.8 Å². The summed E-state index contributed by atoms with van der Waals surface area (Å²) in [5.41, 5.74) is -0.633. The highest BCUT2D eigenvalue weighted by Gasteiger charge is 2.32. The van der Waals surface area contributed by atoms with Gasteiger partial charge in [-0.3, -0.25) is 9.59 Å². The largest absolute Gasteiger partial charge is 0.460 e. The highest BCUT2D eigenvalue weighted by molar-refractivity contribution is 6.33. The number of carbonyl (C=O) groups excluding carboxylic acids is 3. The van der Waals surface area contributed by atoms with Gasteiger partial charge < -0.3 is 9.84 Å². The summed E-state index contributed by atoms with van der Waals surface area (Å²) in [6, 6.07) is 0. The van der Waals surface area contributed by atoms with E-state index in [2.05, 4.69) is 23.8 Å². The number of unbranched alkanes of at least 4 members (excludes halogenated alkanes) is 2. The fourth-order valence-corrected chi connectivity index (χ4v) is 3.92. The summed E-state index contributed by atoms with van der Waals surface area (Å²) in [5.74, 6) is -0.683. The monoisotopic (exact) mass is 420 g/mol. The summed E-state index contributed by atoms with van der Waals surface area (Å²) in [5, 5.41) is 10.7. The molecule has 5 nitrogen and oxygen atoms in total. The number of carbonyl (C=O) groups is 3. The van der Waals surface area contributed by atoms with E-state index >= 15 is 0 Å². The van der Waals surface area contributed by atoms with E-state index in [1.165, 1.54) is 0 Å². The molecule has 30 heavy (non-hydrogen) atoms. The van der Waals surface area contributed by atoms with Gasteiger partial charge in [0.25, 0.3) is 0 Å². The van der Waals surface area contributed by atoms with Gasteiger partial charge in [-0.25, -0.2) is 4.79 Å². The molecule has 0 heterocycles. The average Bonchev–Trinajstić information content (AvgIpc) is 3.08. The second kappa shape index (κ2) is 14.3. The van der Waals surface area contributed by atoms with Gasteiger partial charge in [0.05, 0.1) is 12.2 Å². The van der Waals surface area contributed by atoms with Crippen molar-refractivity contribution >= 4 is 17.5 Å². The number of aliphatic hydroxyl groups is 1. The minimum absolute atomic E-state index is 0.00373. The average molecular weight is 421 g/mol. The first-order valence-corrected chi connectivity index (χ1v) is 11.6. The zero-order valence-electron chi connectivity index (χ0n) is 19.0. The first-order chi connectivity index (χ1) is 14.4. The van der Waals surface area contributed by atoms with Crippen molar-refractivity contribution in [2.24, 2.45) is 11.8 Å². The molecular weight excluding hydrogens is 380 g/mol. The van der Waals surface area contributed by atoms with Crippen LogP contribution in [0.2, 0.25) is 0 Å². The maximum Gasteiger partial charge on any atom is 0.374 e. The van der Waals surface area contributed by atoms with Crippen LogP contribution in [0, 0.1) is 11.8 Å².